The average molecular weight is 505 g/mol. The second-order valence-electron chi connectivity index (χ2n) is 7.52. The largest absolute Gasteiger partial charge is 0.493 e. The van der Waals surface area contributed by atoms with Crippen molar-refractivity contribution in [3.05, 3.63) is 101 Å². The Balaban J connectivity index is 2.12. The van der Waals surface area contributed by atoms with Crippen LogP contribution in [0, 0.1) is 17.1 Å². The van der Waals surface area contributed by atoms with E-state index in [2.05, 4.69) is 5.32 Å². The molecule has 36 heavy (non-hydrogen) atoms. The molecule has 3 aromatic rings. The lowest BCUT2D eigenvalue weighted by Gasteiger charge is -2.17. The maximum absolute atomic E-state index is 14.5. The van der Waals surface area contributed by atoms with E-state index in [1.807, 2.05) is 24.5 Å². The highest BCUT2D eigenvalue weighted by Gasteiger charge is 2.23. The van der Waals surface area contributed by atoms with E-state index in [0.717, 1.165) is 4.90 Å². The molecule has 1 amide bonds. The Hall–Kier alpha value is -4.42. The molecule has 0 radical (unpaired) electrons. The van der Waals surface area contributed by atoms with Gasteiger partial charge >= 0.3 is 0 Å². The van der Waals surface area contributed by atoms with Gasteiger partial charge in [0.1, 0.15) is 11.4 Å². The Morgan fingerprint density at radius 1 is 1.06 bits per heavy atom. The summed E-state index contributed by atoms with van der Waals surface area (Å²) >= 11 is 1.52. The van der Waals surface area contributed by atoms with Crippen molar-refractivity contribution in [3.63, 3.8) is 0 Å². The minimum absolute atomic E-state index is 0.0226. The van der Waals surface area contributed by atoms with Crippen LogP contribution in [-0.4, -0.2) is 19.3 Å². The second-order valence-corrected chi connectivity index (χ2v) is 8.40. The van der Waals surface area contributed by atoms with E-state index < -0.39 is 11.7 Å². The summed E-state index contributed by atoms with van der Waals surface area (Å²) in [7, 11) is 1.41. The van der Waals surface area contributed by atoms with Gasteiger partial charge in [-0.05, 0) is 61.2 Å². The van der Waals surface area contributed by atoms with Crippen molar-refractivity contribution >= 4 is 29.1 Å². The number of rotatable bonds is 8. The molecule has 0 aliphatic carbocycles. The van der Waals surface area contributed by atoms with E-state index in [-0.39, 0.29) is 39.8 Å². The van der Waals surface area contributed by atoms with Crippen LogP contribution in [0.4, 0.5) is 10.1 Å². The number of nitrogens with zero attached hydrogens (tertiary/aromatic N) is 1. The second kappa shape index (κ2) is 11.8. The quantitative estimate of drug-likeness (QED) is 0.171. The van der Waals surface area contributed by atoms with E-state index in [1.165, 1.54) is 55.3 Å². The molecular formula is C27H25FN4O3S. The molecule has 7 nitrogen and oxygen atoms in total. The van der Waals surface area contributed by atoms with Gasteiger partial charge in [-0.15, -0.1) is 11.8 Å². The minimum Gasteiger partial charge on any atom is -0.493 e. The first-order valence-electron chi connectivity index (χ1n) is 10.7. The van der Waals surface area contributed by atoms with Gasteiger partial charge in [-0.25, -0.2) is 4.39 Å². The number of nitrogens with two attached hydrogens (primary N) is 2. The van der Waals surface area contributed by atoms with Crippen LogP contribution in [0.15, 0.2) is 88.7 Å². The van der Waals surface area contributed by atoms with Crippen molar-refractivity contribution < 1.29 is 18.7 Å². The fourth-order valence-corrected chi connectivity index (χ4v) is 3.83. The number of anilines is 1. The van der Waals surface area contributed by atoms with Crippen LogP contribution in [-0.2, 0) is 4.79 Å². The zero-order chi connectivity index (χ0) is 26.2. The third-order valence-corrected chi connectivity index (χ3v) is 5.98. The summed E-state index contributed by atoms with van der Waals surface area (Å²) in [5.74, 6) is -1.01. The number of nitriles is 1. The van der Waals surface area contributed by atoms with Gasteiger partial charge in [-0.2, -0.15) is 5.26 Å². The van der Waals surface area contributed by atoms with Gasteiger partial charge in [-0.1, -0.05) is 18.2 Å². The average Bonchev–Trinajstić information content (AvgIpc) is 2.88. The highest BCUT2D eigenvalue weighted by molar-refractivity contribution is 7.98. The Morgan fingerprint density at radius 2 is 1.81 bits per heavy atom. The molecule has 0 saturated carbocycles. The first kappa shape index (κ1) is 26.2. The Bertz CT molecular complexity index is 1400. The molecule has 3 rings (SSSR count). The molecule has 5 N–H and O–H groups in total. The molecule has 0 bridgehead atoms. The zero-order valence-corrected chi connectivity index (χ0v) is 20.8. The third kappa shape index (κ3) is 5.98. The van der Waals surface area contributed by atoms with Crippen LogP contribution in [0.5, 0.6) is 11.5 Å². The number of methoxy groups -OCH3 is 1. The highest BCUT2D eigenvalue weighted by Crippen LogP contribution is 2.31. The first-order valence-corrected chi connectivity index (χ1v) is 11.9. The fraction of sp³-hybridized carbons (Fsp3) is 0.111. The number of carbonyl (C=O) groups excluding carboxylic acids is 1. The van der Waals surface area contributed by atoms with Crippen LogP contribution in [0.1, 0.15) is 18.1 Å². The summed E-state index contributed by atoms with van der Waals surface area (Å²) in [5.41, 5.74) is 13.7. The molecule has 9 heteroatoms. The van der Waals surface area contributed by atoms with Gasteiger partial charge in [0.05, 0.1) is 18.7 Å². The molecular weight excluding hydrogens is 479 g/mol. The van der Waals surface area contributed by atoms with E-state index in [9.17, 15) is 9.18 Å². The number of hydrogen-bond donors (Lipinski definition) is 3. The molecule has 0 spiro atoms. The number of hydrogen-bond acceptors (Lipinski definition) is 7. The molecule has 0 saturated heterocycles. The SMILES string of the molecule is COc1cc(C#N)ccc1O/C(N)=C(C(=O)Nc1cccc(SC)c1)/C(C)=C(\N)c1ccccc1F. The summed E-state index contributed by atoms with van der Waals surface area (Å²) in [5, 5.41) is 12.0. The molecule has 0 fully saturated rings. The van der Waals surface area contributed by atoms with E-state index in [4.69, 9.17) is 26.2 Å². The minimum atomic E-state index is -0.602. The summed E-state index contributed by atoms with van der Waals surface area (Å²) in [6, 6.07) is 19.7. The van der Waals surface area contributed by atoms with Gasteiger partial charge in [-0.3, -0.25) is 4.79 Å². The van der Waals surface area contributed by atoms with Crippen molar-refractivity contribution in [2.75, 3.05) is 18.7 Å². The monoisotopic (exact) mass is 504 g/mol. The lowest BCUT2D eigenvalue weighted by molar-refractivity contribution is -0.112. The number of amides is 1. The first-order chi connectivity index (χ1) is 17.3. The van der Waals surface area contributed by atoms with E-state index in [1.54, 1.807) is 25.1 Å². The summed E-state index contributed by atoms with van der Waals surface area (Å²) in [4.78, 5) is 14.4. The number of carbonyl (C=O) groups is 1. The van der Waals surface area contributed by atoms with Gasteiger partial charge in [0, 0.05) is 27.9 Å². The Morgan fingerprint density at radius 3 is 2.47 bits per heavy atom. The van der Waals surface area contributed by atoms with Crippen LogP contribution in [0.2, 0.25) is 0 Å². The molecule has 0 unspecified atom stereocenters. The molecule has 3 aromatic carbocycles. The number of nitrogens with one attached hydrogen (secondary N) is 1. The maximum Gasteiger partial charge on any atom is 0.261 e. The number of benzene rings is 3. The maximum atomic E-state index is 14.5. The molecule has 0 atom stereocenters. The lowest BCUT2D eigenvalue weighted by atomic mass is 10.00. The molecule has 184 valence electrons. The smallest absolute Gasteiger partial charge is 0.261 e. The van der Waals surface area contributed by atoms with Crippen LogP contribution in [0.3, 0.4) is 0 Å². The van der Waals surface area contributed by atoms with Gasteiger partial charge < -0.3 is 26.3 Å². The molecule has 0 aromatic heterocycles. The van der Waals surface area contributed by atoms with Gasteiger partial charge in [0.2, 0.25) is 5.88 Å². The Labute approximate surface area is 213 Å². The van der Waals surface area contributed by atoms with E-state index >= 15 is 0 Å². The third-order valence-electron chi connectivity index (χ3n) is 5.26. The van der Waals surface area contributed by atoms with Crippen molar-refractivity contribution in [1.29, 1.82) is 5.26 Å². The normalized spacial score (nSPS) is 12.1. The van der Waals surface area contributed by atoms with Crippen LogP contribution < -0.4 is 26.3 Å². The van der Waals surface area contributed by atoms with Crippen LogP contribution in [0.25, 0.3) is 5.70 Å². The summed E-state index contributed by atoms with van der Waals surface area (Å²) in [6.07, 6.45) is 1.92. The van der Waals surface area contributed by atoms with Crippen molar-refractivity contribution in [2.45, 2.75) is 11.8 Å². The van der Waals surface area contributed by atoms with Gasteiger partial charge in [0.25, 0.3) is 5.91 Å². The number of ether oxygens (including phenoxy) is 2. The summed E-state index contributed by atoms with van der Waals surface area (Å²) in [6.45, 7) is 1.56. The molecule has 0 aliphatic heterocycles. The van der Waals surface area contributed by atoms with Crippen molar-refractivity contribution in [2.24, 2.45) is 11.5 Å². The van der Waals surface area contributed by atoms with Crippen molar-refractivity contribution in [3.8, 4) is 17.6 Å². The topological polar surface area (TPSA) is 123 Å². The van der Waals surface area contributed by atoms with Gasteiger partial charge in [0.15, 0.2) is 11.5 Å². The van der Waals surface area contributed by atoms with E-state index in [0.29, 0.717) is 11.3 Å². The zero-order valence-electron chi connectivity index (χ0n) is 20.0. The van der Waals surface area contributed by atoms with Crippen LogP contribution >= 0.6 is 11.8 Å². The highest BCUT2D eigenvalue weighted by atomic mass is 32.2. The number of halogens is 1. The fourth-order valence-electron chi connectivity index (χ4n) is 3.37. The lowest BCUT2D eigenvalue weighted by Crippen LogP contribution is -2.23. The molecule has 0 aliphatic rings. The summed E-state index contributed by atoms with van der Waals surface area (Å²) < 4.78 is 25.6. The predicted octanol–water partition coefficient (Wildman–Crippen LogP) is 5.01. The number of thioether (sulfide) groups is 1. The predicted molar refractivity (Wildman–Crippen MR) is 140 cm³/mol. The standard InChI is InChI=1S/C27H25FN4O3S/c1-16(25(30)20-9-4-5-10-21(20)28)24(27(33)32-18-7-6-8-19(14-18)36-3)26(31)35-22-12-11-17(15-29)13-23(22)34-2/h4-14H,30-31H2,1-3H3,(H,32,33)/b25-16-,26-24-. The Kier molecular flexibility index (Phi) is 8.60. The van der Waals surface area contributed by atoms with Crippen molar-refractivity contribution in [1.82, 2.24) is 0 Å². The molecule has 0 heterocycles.